The Morgan fingerprint density at radius 3 is 2.75 bits per heavy atom. The van der Waals surface area contributed by atoms with Crippen LogP contribution >= 0.6 is 0 Å². The molecule has 1 aliphatic heterocycles. The Kier molecular flexibility index (Phi) is 4.86. The van der Waals surface area contributed by atoms with Crippen LogP contribution in [0, 0.1) is 17.2 Å². The van der Waals surface area contributed by atoms with Crippen LogP contribution in [-0.2, 0) is 10.0 Å². The van der Waals surface area contributed by atoms with Crippen molar-refractivity contribution in [3.8, 4) is 6.01 Å². The van der Waals surface area contributed by atoms with Gasteiger partial charge in [0.1, 0.15) is 0 Å². The maximum Gasteiger partial charge on any atom is 0.316 e. The van der Waals surface area contributed by atoms with Crippen LogP contribution in [-0.4, -0.2) is 51.9 Å². The van der Waals surface area contributed by atoms with Gasteiger partial charge in [-0.1, -0.05) is 6.42 Å². The predicted molar refractivity (Wildman–Crippen MR) is 98.6 cm³/mol. The Bertz CT molecular complexity index is 946. The zero-order valence-electron chi connectivity index (χ0n) is 16.0. The molecule has 0 amide bonds. The van der Waals surface area contributed by atoms with Gasteiger partial charge in [-0.3, -0.25) is 0 Å². The second-order valence-corrected chi connectivity index (χ2v) is 9.86. The third-order valence-corrected chi connectivity index (χ3v) is 7.57. The lowest BCUT2D eigenvalue weighted by atomic mass is 9.82. The molecule has 3 heterocycles. The van der Waals surface area contributed by atoms with E-state index in [-0.39, 0.29) is 28.4 Å². The third kappa shape index (κ3) is 3.39. The molecule has 2 aromatic heterocycles. The molecule has 0 aromatic carbocycles. The number of sulfonamides is 1. The second-order valence-electron chi connectivity index (χ2n) is 7.97. The fraction of sp³-hybridized carbons (Fsp3) is 0.611. The molecule has 0 spiro atoms. The molecule has 1 aliphatic carbocycles. The first-order chi connectivity index (χ1) is 13.3. The molecule has 1 saturated heterocycles. The average molecular weight is 409 g/mol. The Hall–Kier alpha value is -2.07. The first-order valence-electron chi connectivity index (χ1n) is 9.44. The van der Waals surface area contributed by atoms with Crippen molar-refractivity contribution >= 4 is 10.0 Å². The molecule has 152 valence electrons. The monoisotopic (exact) mass is 409 g/mol. The molecule has 2 aliphatic rings. The largest absolute Gasteiger partial charge is 0.463 e. The van der Waals surface area contributed by atoms with Crippen molar-refractivity contribution in [2.45, 2.75) is 44.2 Å². The molecule has 2 aromatic rings. The first kappa shape index (κ1) is 19.3. The minimum atomic E-state index is -3.66. The number of rotatable bonds is 6. The van der Waals surface area contributed by atoms with Crippen LogP contribution in [0.5, 0.6) is 6.01 Å². The van der Waals surface area contributed by atoms with E-state index in [0.717, 1.165) is 31.7 Å². The SMILES string of the molecule is CC(C)n1cnc(S(=O)(=O)N2CC3CCCC3(COc3ncc(F)cn3)C2)c1. The summed E-state index contributed by atoms with van der Waals surface area (Å²) in [7, 11) is -3.66. The van der Waals surface area contributed by atoms with Crippen LogP contribution in [0.2, 0.25) is 0 Å². The number of hydrogen-bond acceptors (Lipinski definition) is 6. The van der Waals surface area contributed by atoms with Crippen molar-refractivity contribution < 1.29 is 17.5 Å². The zero-order valence-corrected chi connectivity index (χ0v) is 16.8. The fourth-order valence-corrected chi connectivity index (χ4v) is 5.74. The van der Waals surface area contributed by atoms with Gasteiger partial charge in [-0.2, -0.15) is 4.31 Å². The molecule has 0 radical (unpaired) electrons. The van der Waals surface area contributed by atoms with Crippen molar-refractivity contribution in [1.82, 2.24) is 23.8 Å². The van der Waals surface area contributed by atoms with Crippen LogP contribution in [0.25, 0.3) is 0 Å². The van der Waals surface area contributed by atoms with Crippen molar-refractivity contribution in [2.75, 3.05) is 19.7 Å². The molecule has 1 saturated carbocycles. The summed E-state index contributed by atoms with van der Waals surface area (Å²) >= 11 is 0. The van der Waals surface area contributed by atoms with E-state index >= 15 is 0 Å². The summed E-state index contributed by atoms with van der Waals surface area (Å²) < 4.78 is 48.2. The normalized spacial score (nSPS) is 25.4. The molecule has 0 N–H and O–H groups in total. The third-order valence-electron chi connectivity index (χ3n) is 5.87. The number of imidazole rings is 1. The summed E-state index contributed by atoms with van der Waals surface area (Å²) in [4.78, 5) is 11.8. The van der Waals surface area contributed by atoms with Crippen LogP contribution in [0.3, 0.4) is 0 Å². The Morgan fingerprint density at radius 2 is 2.07 bits per heavy atom. The highest BCUT2D eigenvalue weighted by molar-refractivity contribution is 7.89. The molecular formula is C18H24FN5O3S. The van der Waals surface area contributed by atoms with E-state index in [2.05, 4.69) is 15.0 Å². The lowest BCUT2D eigenvalue weighted by molar-refractivity contribution is 0.125. The fourth-order valence-electron chi connectivity index (χ4n) is 4.23. The van der Waals surface area contributed by atoms with E-state index in [4.69, 9.17) is 4.74 Å². The van der Waals surface area contributed by atoms with Crippen LogP contribution in [0.15, 0.2) is 29.9 Å². The summed E-state index contributed by atoms with van der Waals surface area (Å²) in [5.74, 6) is -0.307. The maximum atomic E-state index is 13.1. The number of ether oxygens (including phenoxy) is 1. The van der Waals surface area contributed by atoms with E-state index in [1.54, 1.807) is 17.1 Å². The minimum absolute atomic E-state index is 0.0825. The molecule has 28 heavy (non-hydrogen) atoms. The van der Waals surface area contributed by atoms with Crippen LogP contribution in [0.4, 0.5) is 4.39 Å². The minimum Gasteiger partial charge on any atom is -0.463 e. The van der Waals surface area contributed by atoms with E-state index in [0.29, 0.717) is 19.7 Å². The number of halogens is 1. The zero-order chi connectivity index (χ0) is 19.9. The summed E-state index contributed by atoms with van der Waals surface area (Å²) in [6, 6.07) is 0.253. The van der Waals surface area contributed by atoms with Gasteiger partial charge >= 0.3 is 6.01 Å². The summed E-state index contributed by atoms with van der Waals surface area (Å²) in [5, 5.41) is 0.0825. The Balaban J connectivity index is 1.51. The molecule has 2 fully saturated rings. The molecule has 2 atom stereocenters. The summed E-state index contributed by atoms with van der Waals surface area (Å²) in [5.41, 5.74) is -0.272. The lowest BCUT2D eigenvalue weighted by Gasteiger charge is -2.28. The van der Waals surface area contributed by atoms with Crippen molar-refractivity contribution in [3.63, 3.8) is 0 Å². The highest BCUT2D eigenvalue weighted by Crippen LogP contribution is 2.49. The molecule has 8 nitrogen and oxygen atoms in total. The summed E-state index contributed by atoms with van der Waals surface area (Å²) in [6.07, 6.45) is 8.13. The second kappa shape index (κ2) is 7.07. The van der Waals surface area contributed by atoms with Crippen LogP contribution in [0.1, 0.15) is 39.2 Å². The maximum absolute atomic E-state index is 13.1. The van der Waals surface area contributed by atoms with Gasteiger partial charge in [0.15, 0.2) is 10.8 Å². The topological polar surface area (TPSA) is 90.2 Å². The molecule has 10 heteroatoms. The van der Waals surface area contributed by atoms with Gasteiger partial charge < -0.3 is 9.30 Å². The molecule has 4 rings (SSSR count). The smallest absolute Gasteiger partial charge is 0.316 e. The van der Waals surface area contributed by atoms with Crippen molar-refractivity contribution in [2.24, 2.45) is 11.3 Å². The average Bonchev–Trinajstić information content (AvgIpc) is 3.35. The van der Waals surface area contributed by atoms with Gasteiger partial charge in [0.2, 0.25) is 0 Å². The first-order valence-corrected chi connectivity index (χ1v) is 10.9. The highest BCUT2D eigenvalue weighted by atomic mass is 32.2. The van der Waals surface area contributed by atoms with E-state index < -0.39 is 15.8 Å². The van der Waals surface area contributed by atoms with Crippen molar-refractivity contribution in [3.05, 3.63) is 30.7 Å². The summed E-state index contributed by atoms with van der Waals surface area (Å²) in [6.45, 7) is 5.11. The van der Waals surface area contributed by atoms with E-state index in [1.807, 2.05) is 13.8 Å². The molecular weight excluding hydrogens is 385 g/mol. The van der Waals surface area contributed by atoms with Gasteiger partial charge in [-0.25, -0.2) is 27.8 Å². The van der Waals surface area contributed by atoms with E-state index in [1.165, 1.54) is 4.31 Å². The number of nitrogens with zero attached hydrogens (tertiary/aromatic N) is 5. The molecule has 2 unspecified atom stereocenters. The van der Waals surface area contributed by atoms with Gasteiger partial charge in [-0.05, 0) is 32.6 Å². The molecule has 0 bridgehead atoms. The predicted octanol–water partition coefficient (Wildman–Crippen LogP) is 2.26. The number of fused-ring (bicyclic) bond motifs is 1. The van der Waals surface area contributed by atoms with Gasteiger partial charge in [-0.15, -0.1) is 0 Å². The van der Waals surface area contributed by atoms with Crippen LogP contribution < -0.4 is 4.74 Å². The van der Waals surface area contributed by atoms with Gasteiger partial charge in [0.25, 0.3) is 10.0 Å². The lowest BCUT2D eigenvalue weighted by Crippen LogP contribution is -2.36. The van der Waals surface area contributed by atoms with Gasteiger partial charge in [0.05, 0.1) is 25.3 Å². The number of aromatic nitrogens is 4. The van der Waals surface area contributed by atoms with E-state index in [9.17, 15) is 12.8 Å². The standard InChI is InChI=1S/C18H24FN5O3S/c1-13(2)23-9-16(22-12-23)28(25,26)24-8-14-4-3-5-18(14,10-24)11-27-17-20-6-15(19)7-21-17/h6-7,9,12-14H,3-5,8,10-11H2,1-2H3. The highest BCUT2D eigenvalue weighted by Gasteiger charge is 2.53. The van der Waals surface area contributed by atoms with Crippen molar-refractivity contribution in [1.29, 1.82) is 0 Å². The Labute approximate surface area is 163 Å². The van der Waals surface area contributed by atoms with Gasteiger partial charge in [0, 0.05) is 30.7 Å². The quantitative estimate of drug-likeness (QED) is 0.727. The number of hydrogen-bond donors (Lipinski definition) is 0. The Morgan fingerprint density at radius 1 is 1.32 bits per heavy atom.